The molecule has 1 aliphatic heterocycles. The third kappa shape index (κ3) is 8.86. The Morgan fingerprint density at radius 3 is 2.55 bits per heavy atom. The molecule has 1 fully saturated rings. The normalized spacial score (nSPS) is 19.1. The summed E-state index contributed by atoms with van der Waals surface area (Å²) >= 11 is 0. The van der Waals surface area contributed by atoms with Crippen LogP contribution >= 0.6 is 0 Å². The monoisotopic (exact) mass is 308 g/mol. The number of ether oxygens (including phenoxy) is 2. The first-order valence-electron chi connectivity index (χ1n) is 7.36. The van der Waals surface area contributed by atoms with Crippen molar-refractivity contribution in [2.45, 2.75) is 38.7 Å². The van der Waals surface area contributed by atoms with Gasteiger partial charge in [0.1, 0.15) is 0 Å². The molecule has 0 radical (unpaired) electrons. The van der Waals surface area contributed by atoms with Crippen molar-refractivity contribution in [3.05, 3.63) is 0 Å². The van der Waals surface area contributed by atoms with Gasteiger partial charge in [-0.1, -0.05) is 26.2 Å². The smallest absolute Gasteiger partial charge is 0.0972 e. The van der Waals surface area contributed by atoms with Gasteiger partial charge in [-0.3, -0.25) is 4.90 Å². The lowest BCUT2D eigenvalue weighted by Gasteiger charge is -2.30. The summed E-state index contributed by atoms with van der Waals surface area (Å²) in [4.78, 5) is 2.09. The minimum absolute atomic E-state index is 0.446. The van der Waals surface area contributed by atoms with Crippen molar-refractivity contribution in [3.8, 4) is 0 Å². The molecule has 0 spiro atoms. The Morgan fingerprint density at radius 1 is 1.25 bits per heavy atom. The Labute approximate surface area is 122 Å². The lowest BCUT2D eigenvalue weighted by atomic mass is 10.2. The van der Waals surface area contributed by atoms with Gasteiger partial charge < -0.3 is 14.0 Å². The van der Waals surface area contributed by atoms with Crippen LogP contribution in [0.3, 0.4) is 0 Å². The van der Waals surface area contributed by atoms with Crippen LogP contribution in [0.4, 0.5) is 0 Å². The van der Waals surface area contributed by atoms with Crippen LogP contribution < -0.4 is 0 Å². The van der Waals surface area contributed by atoms with Crippen LogP contribution in [-0.4, -0.2) is 69.2 Å². The number of rotatable bonds is 10. The van der Waals surface area contributed by atoms with Gasteiger partial charge in [0.05, 0.1) is 35.2 Å². The molecule has 120 valence electrons. The van der Waals surface area contributed by atoms with Crippen molar-refractivity contribution < 1.29 is 22.4 Å². The second-order valence-corrected chi connectivity index (χ2v) is 6.64. The van der Waals surface area contributed by atoms with E-state index in [4.69, 9.17) is 9.47 Å². The highest BCUT2D eigenvalue weighted by Crippen LogP contribution is 2.06. The Kier molecular flexibility index (Phi) is 8.63. The van der Waals surface area contributed by atoms with Crippen molar-refractivity contribution in [3.63, 3.8) is 0 Å². The molecule has 0 aromatic rings. The lowest BCUT2D eigenvalue weighted by molar-refractivity contribution is -0.00570. The van der Waals surface area contributed by atoms with E-state index in [1.54, 1.807) is 0 Å². The quantitative estimate of drug-likeness (QED) is 0.439. The van der Waals surface area contributed by atoms with E-state index in [1.807, 2.05) is 0 Å². The van der Waals surface area contributed by atoms with Crippen LogP contribution in [0.15, 0.2) is 0 Å². The zero-order valence-corrected chi connectivity index (χ0v) is 13.1. The first-order chi connectivity index (χ1) is 9.51. The van der Waals surface area contributed by atoms with E-state index in [2.05, 4.69) is 11.8 Å². The third-order valence-corrected chi connectivity index (χ3v) is 4.09. The third-order valence-electron chi connectivity index (χ3n) is 3.31. The number of nitrogens with zero attached hydrogens (tertiary/aromatic N) is 1. The summed E-state index contributed by atoms with van der Waals surface area (Å²) in [6, 6.07) is 0. The zero-order chi connectivity index (χ0) is 14.8. The second-order valence-electron chi connectivity index (χ2n) is 5.19. The number of hydrogen-bond acceptors (Lipinski definition) is 6. The van der Waals surface area contributed by atoms with Crippen molar-refractivity contribution in [1.82, 2.24) is 4.90 Å². The molecule has 0 aliphatic carbocycles. The van der Waals surface area contributed by atoms with Crippen LogP contribution in [0, 0.1) is 0 Å². The Morgan fingerprint density at radius 2 is 1.95 bits per heavy atom. The average molecular weight is 308 g/mol. The van der Waals surface area contributed by atoms with E-state index in [1.165, 1.54) is 0 Å². The molecule has 0 saturated carbocycles. The summed E-state index contributed by atoms with van der Waals surface area (Å²) < 4.78 is 43.7. The maximum atomic E-state index is 10.9. The largest absolute Gasteiger partial charge is 0.748 e. The predicted molar refractivity (Wildman–Crippen MR) is 75.7 cm³/mol. The molecule has 7 heteroatoms. The molecule has 0 bridgehead atoms. The molecule has 6 nitrogen and oxygen atoms in total. The maximum Gasteiger partial charge on any atom is 0.0972 e. The van der Waals surface area contributed by atoms with Crippen LogP contribution in [-0.2, 0) is 19.6 Å². The molecule has 0 amide bonds. The summed E-state index contributed by atoms with van der Waals surface area (Å²) in [5.41, 5.74) is 0. The van der Waals surface area contributed by atoms with E-state index in [0.29, 0.717) is 26.4 Å². The molecule has 1 saturated heterocycles. The van der Waals surface area contributed by atoms with Crippen molar-refractivity contribution in [2.24, 2.45) is 0 Å². The molecule has 0 aromatic carbocycles. The number of unbranched alkanes of at least 4 members (excludes halogenated alkanes) is 3. The molecule has 20 heavy (non-hydrogen) atoms. The molecule has 0 aromatic heterocycles. The van der Waals surface area contributed by atoms with Crippen molar-refractivity contribution in [2.75, 3.05) is 45.2 Å². The first kappa shape index (κ1) is 17.8. The van der Waals surface area contributed by atoms with Gasteiger partial charge in [-0.05, 0) is 6.42 Å². The molecule has 1 atom stereocenters. The Hall–Kier alpha value is -0.210. The molecule has 0 N–H and O–H groups in total. The van der Waals surface area contributed by atoms with Gasteiger partial charge >= 0.3 is 0 Å². The van der Waals surface area contributed by atoms with Gasteiger partial charge in [-0.2, -0.15) is 0 Å². The Balaban J connectivity index is 2.34. The van der Waals surface area contributed by atoms with Gasteiger partial charge in [0.2, 0.25) is 0 Å². The molecule has 1 aliphatic rings. The van der Waals surface area contributed by atoms with E-state index in [-0.39, 0.29) is 0 Å². The van der Waals surface area contributed by atoms with Crippen LogP contribution in [0.2, 0.25) is 0 Å². The van der Waals surface area contributed by atoms with Crippen LogP contribution in [0.25, 0.3) is 0 Å². The molecule has 1 unspecified atom stereocenters. The van der Waals surface area contributed by atoms with Crippen LogP contribution in [0.1, 0.15) is 32.6 Å². The second kappa shape index (κ2) is 9.68. The number of morpholine rings is 1. The first-order valence-corrected chi connectivity index (χ1v) is 8.94. The SMILES string of the molecule is CCCCCCOC(CN1CCOCC1)CS(=O)(=O)[O-]. The molecule has 1 heterocycles. The fourth-order valence-electron chi connectivity index (χ4n) is 2.23. The van der Waals surface area contributed by atoms with E-state index < -0.39 is 22.0 Å². The number of hydrogen-bond donors (Lipinski definition) is 0. The highest BCUT2D eigenvalue weighted by atomic mass is 32.2. The highest BCUT2D eigenvalue weighted by molar-refractivity contribution is 7.85. The van der Waals surface area contributed by atoms with Crippen molar-refractivity contribution >= 4 is 10.1 Å². The fourth-order valence-corrected chi connectivity index (χ4v) is 2.89. The minimum atomic E-state index is -4.25. The summed E-state index contributed by atoms with van der Waals surface area (Å²) in [6.07, 6.45) is 3.75. The minimum Gasteiger partial charge on any atom is -0.748 e. The van der Waals surface area contributed by atoms with Gasteiger partial charge in [-0.15, -0.1) is 0 Å². The molecular weight excluding hydrogens is 282 g/mol. The topological polar surface area (TPSA) is 78.9 Å². The van der Waals surface area contributed by atoms with Gasteiger partial charge in [0.15, 0.2) is 0 Å². The Bertz CT molecular complexity index is 341. The highest BCUT2D eigenvalue weighted by Gasteiger charge is 2.19. The van der Waals surface area contributed by atoms with E-state index >= 15 is 0 Å². The summed E-state index contributed by atoms with van der Waals surface area (Å²) in [7, 11) is -4.25. The summed E-state index contributed by atoms with van der Waals surface area (Å²) in [5, 5.41) is 0. The average Bonchev–Trinajstić information content (AvgIpc) is 2.37. The fraction of sp³-hybridized carbons (Fsp3) is 1.00. The van der Waals surface area contributed by atoms with E-state index in [9.17, 15) is 13.0 Å². The molecular formula is C13H26NO5S-. The molecule has 1 rings (SSSR count). The van der Waals surface area contributed by atoms with Crippen molar-refractivity contribution in [1.29, 1.82) is 0 Å². The predicted octanol–water partition coefficient (Wildman–Crippen LogP) is 0.829. The van der Waals surface area contributed by atoms with Gasteiger partial charge in [0, 0.05) is 26.2 Å². The van der Waals surface area contributed by atoms with Gasteiger partial charge in [0.25, 0.3) is 0 Å². The summed E-state index contributed by atoms with van der Waals surface area (Å²) in [6.45, 7) is 5.94. The lowest BCUT2D eigenvalue weighted by Crippen LogP contribution is -2.43. The van der Waals surface area contributed by atoms with E-state index in [0.717, 1.165) is 38.8 Å². The maximum absolute atomic E-state index is 10.9. The summed E-state index contributed by atoms with van der Waals surface area (Å²) in [5.74, 6) is -0.446. The van der Waals surface area contributed by atoms with Gasteiger partial charge in [-0.25, -0.2) is 8.42 Å². The van der Waals surface area contributed by atoms with Crippen LogP contribution in [0.5, 0.6) is 0 Å². The standard InChI is InChI=1S/C13H27NO5S/c1-2-3-4-5-8-19-13(12-20(15,16)17)11-14-6-9-18-10-7-14/h13H,2-12H2,1H3,(H,15,16,17)/p-1. The zero-order valence-electron chi connectivity index (χ0n) is 12.3.